The quantitative estimate of drug-likeness (QED) is 0.452. The van der Waals surface area contributed by atoms with Crippen molar-refractivity contribution in [2.45, 2.75) is 6.55 Å². The summed E-state index contributed by atoms with van der Waals surface area (Å²) in [4.78, 5) is 16.5. The van der Waals surface area contributed by atoms with E-state index in [1.807, 2.05) is 0 Å². The molecule has 0 radical (unpaired) electrons. The van der Waals surface area contributed by atoms with Crippen LogP contribution in [0.15, 0.2) is 66.7 Å². The van der Waals surface area contributed by atoms with Crippen LogP contribution >= 0.6 is 0 Å². The highest BCUT2D eigenvalue weighted by Crippen LogP contribution is 2.30. The number of carbonyl (C=O) groups excluding carboxylic acids is 1. The molecular weight excluding hydrogens is 386 g/mol. The maximum absolute atomic E-state index is 13.6. The third-order valence-electron chi connectivity index (χ3n) is 4.37. The van der Waals surface area contributed by atoms with Gasteiger partial charge in [0, 0.05) is 16.8 Å². The van der Waals surface area contributed by atoms with Crippen molar-refractivity contribution in [1.29, 1.82) is 0 Å². The first kappa shape index (κ1) is 18.7. The summed E-state index contributed by atoms with van der Waals surface area (Å²) in [7, 11) is 0. The number of anilines is 1. The van der Waals surface area contributed by atoms with Gasteiger partial charge in [-0.1, -0.05) is 12.1 Å². The number of aromatic nitrogens is 2. The number of alkyl halides is 2. The summed E-state index contributed by atoms with van der Waals surface area (Å²) < 4.78 is 54.3. The average molecular weight is 399 g/mol. The third-order valence-corrected chi connectivity index (χ3v) is 4.37. The van der Waals surface area contributed by atoms with E-state index in [-0.39, 0.29) is 11.4 Å². The van der Waals surface area contributed by atoms with Crippen molar-refractivity contribution in [2.24, 2.45) is 0 Å². The summed E-state index contributed by atoms with van der Waals surface area (Å²) in [5.74, 6) is -2.71. The molecule has 0 saturated heterocycles. The second-order valence-corrected chi connectivity index (χ2v) is 6.23. The van der Waals surface area contributed by atoms with E-state index in [2.05, 4.69) is 10.3 Å². The monoisotopic (exact) mass is 399 g/mol. The predicted octanol–water partition coefficient (Wildman–Crippen LogP) is 5.63. The minimum atomic E-state index is -2.77. The summed E-state index contributed by atoms with van der Waals surface area (Å²) in [5, 5.41) is 2.54. The number of halogens is 4. The summed E-state index contributed by atoms with van der Waals surface area (Å²) in [6.07, 6.45) is 0. The first-order valence-corrected chi connectivity index (χ1v) is 8.56. The van der Waals surface area contributed by atoms with Gasteiger partial charge >= 0.3 is 6.55 Å². The number of para-hydroxylation sites is 2. The zero-order valence-corrected chi connectivity index (χ0v) is 14.7. The highest BCUT2D eigenvalue weighted by Gasteiger charge is 2.19. The minimum Gasteiger partial charge on any atom is -0.322 e. The molecule has 0 unspecified atom stereocenters. The Morgan fingerprint density at radius 2 is 1.66 bits per heavy atom. The van der Waals surface area contributed by atoms with Gasteiger partial charge in [-0.15, -0.1) is 0 Å². The van der Waals surface area contributed by atoms with Crippen molar-refractivity contribution in [3.05, 3.63) is 83.9 Å². The minimum absolute atomic E-state index is 0.0486. The van der Waals surface area contributed by atoms with Gasteiger partial charge in [0.25, 0.3) is 5.91 Å². The molecule has 0 bridgehead atoms. The molecule has 3 aromatic carbocycles. The number of rotatable bonds is 4. The van der Waals surface area contributed by atoms with Crippen molar-refractivity contribution in [3.63, 3.8) is 0 Å². The Balaban J connectivity index is 1.61. The van der Waals surface area contributed by atoms with Crippen LogP contribution in [0.5, 0.6) is 0 Å². The second-order valence-electron chi connectivity index (χ2n) is 6.23. The highest BCUT2D eigenvalue weighted by molar-refractivity contribution is 6.04. The van der Waals surface area contributed by atoms with Crippen LogP contribution in [0, 0.1) is 11.6 Å². The lowest BCUT2D eigenvalue weighted by atomic mass is 10.1. The molecule has 0 aliphatic heterocycles. The number of hydrogen-bond donors (Lipinski definition) is 1. The molecule has 0 atom stereocenters. The molecular formula is C21H13F4N3O. The number of fused-ring (bicyclic) bond motifs is 1. The first-order chi connectivity index (χ1) is 13.9. The fourth-order valence-electron chi connectivity index (χ4n) is 2.99. The Morgan fingerprint density at radius 3 is 2.34 bits per heavy atom. The third kappa shape index (κ3) is 3.56. The maximum atomic E-state index is 13.6. The average Bonchev–Trinajstić information content (AvgIpc) is 3.10. The SMILES string of the molecule is O=C(Nc1ccc(-c2nc3ccccc3n2C(F)F)cc1)c1ccc(F)c(F)c1. The van der Waals surface area contributed by atoms with Crippen molar-refractivity contribution in [3.8, 4) is 11.4 Å². The smallest absolute Gasteiger partial charge is 0.320 e. The number of benzene rings is 3. The van der Waals surface area contributed by atoms with E-state index in [0.717, 1.165) is 22.8 Å². The van der Waals surface area contributed by atoms with Gasteiger partial charge in [0.2, 0.25) is 0 Å². The second kappa shape index (κ2) is 7.38. The van der Waals surface area contributed by atoms with Gasteiger partial charge in [0.05, 0.1) is 11.0 Å². The zero-order chi connectivity index (χ0) is 20.5. The van der Waals surface area contributed by atoms with Crippen molar-refractivity contribution in [1.82, 2.24) is 9.55 Å². The predicted molar refractivity (Wildman–Crippen MR) is 101 cm³/mol. The summed E-state index contributed by atoms with van der Waals surface area (Å²) in [5.41, 5.74) is 1.51. The number of nitrogens with zero attached hydrogens (tertiary/aromatic N) is 2. The van der Waals surface area contributed by atoms with Gasteiger partial charge in [0.15, 0.2) is 11.6 Å². The van der Waals surface area contributed by atoms with Crippen LogP contribution in [0.1, 0.15) is 16.9 Å². The normalized spacial score (nSPS) is 11.2. The van der Waals surface area contributed by atoms with Gasteiger partial charge in [-0.05, 0) is 54.6 Å². The Kier molecular flexibility index (Phi) is 4.75. The maximum Gasteiger partial charge on any atom is 0.320 e. The molecule has 4 nitrogen and oxygen atoms in total. The molecule has 4 aromatic rings. The number of hydrogen-bond acceptors (Lipinski definition) is 2. The van der Waals surface area contributed by atoms with Gasteiger partial charge in [-0.25, -0.2) is 13.8 Å². The summed E-state index contributed by atoms with van der Waals surface area (Å²) in [6.45, 7) is -2.77. The molecule has 0 spiro atoms. The van der Waals surface area contributed by atoms with Crippen molar-refractivity contribution in [2.75, 3.05) is 5.32 Å². The van der Waals surface area contributed by atoms with Gasteiger partial charge in [-0.2, -0.15) is 8.78 Å². The number of amides is 1. The Hall–Kier alpha value is -3.68. The molecule has 0 aliphatic carbocycles. The van der Waals surface area contributed by atoms with E-state index >= 15 is 0 Å². The van der Waals surface area contributed by atoms with Gasteiger partial charge < -0.3 is 5.32 Å². The molecule has 0 saturated carbocycles. The fraction of sp³-hybridized carbons (Fsp3) is 0.0476. The molecule has 1 heterocycles. The lowest BCUT2D eigenvalue weighted by molar-refractivity contribution is 0.0764. The number of nitrogens with one attached hydrogen (secondary N) is 1. The Morgan fingerprint density at radius 1 is 0.931 bits per heavy atom. The molecule has 146 valence electrons. The number of carbonyl (C=O) groups is 1. The van der Waals surface area contributed by atoms with Crippen LogP contribution in [0.4, 0.5) is 23.2 Å². The first-order valence-electron chi connectivity index (χ1n) is 8.56. The van der Waals surface area contributed by atoms with Crippen LogP contribution in [0.3, 0.4) is 0 Å². The number of imidazole rings is 1. The standard InChI is InChI=1S/C21H13F4N3O/c22-15-10-7-13(11-16(15)23)20(29)26-14-8-5-12(6-9-14)19-27-17-3-1-2-4-18(17)28(19)21(24)25/h1-11,21H,(H,26,29). The molecule has 1 aromatic heterocycles. The van der Waals surface area contributed by atoms with Gasteiger partial charge in [0.1, 0.15) is 5.82 Å². The van der Waals surface area contributed by atoms with E-state index in [1.54, 1.807) is 36.4 Å². The molecule has 4 rings (SSSR count). The van der Waals surface area contributed by atoms with Gasteiger partial charge in [-0.3, -0.25) is 9.36 Å². The molecule has 1 N–H and O–H groups in total. The lowest BCUT2D eigenvalue weighted by Crippen LogP contribution is -2.12. The van der Waals surface area contributed by atoms with Crippen LogP contribution < -0.4 is 5.32 Å². The molecule has 1 amide bonds. The highest BCUT2D eigenvalue weighted by atomic mass is 19.3. The summed E-state index contributed by atoms with van der Waals surface area (Å²) in [6, 6.07) is 15.5. The molecule has 29 heavy (non-hydrogen) atoms. The molecule has 8 heteroatoms. The lowest BCUT2D eigenvalue weighted by Gasteiger charge is -2.09. The van der Waals surface area contributed by atoms with Crippen LogP contribution in [-0.4, -0.2) is 15.5 Å². The largest absolute Gasteiger partial charge is 0.322 e. The van der Waals surface area contributed by atoms with Crippen LogP contribution in [-0.2, 0) is 0 Å². The summed E-state index contributed by atoms with van der Waals surface area (Å²) >= 11 is 0. The van der Waals surface area contributed by atoms with E-state index in [9.17, 15) is 22.4 Å². The van der Waals surface area contributed by atoms with Crippen LogP contribution in [0.25, 0.3) is 22.4 Å². The zero-order valence-electron chi connectivity index (χ0n) is 14.7. The van der Waals surface area contributed by atoms with E-state index in [1.165, 1.54) is 12.1 Å². The van der Waals surface area contributed by atoms with Crippen molar-refractivity contribution < 1.29 is 22.4 Å². The van der Waals surface area contributed by atoms with Crippen LogP contribution in [0.2, 0.25) is 0 Å². The molecule has 0 fully saturated rings. The van der Waals surface area contributed by atoms with Crippen molar-refractivity contribution >= 4 is 22.6 Å². The van der Waals surface area contributed by atoms with E-state index < -0.39 is 24.1 Å². The van der Waals surface area contributed by atoms with E-state index in [0.29, 0.717) is 22.3 Å². The topological polar surface area (TPSA) is 46.9 Å². The fourth-order valence-corrected chi connectivity index (χ4v) is 2.99. The van der Waals surface area contributed by atoms with E-state index in [4.69, 9.17) is 0 Å². The molecule has 0 aliphatic rings. The Labute approximate surface area is 162 Å². The Bertz CT molecular complexity index is 1200.